The molecule has 0 aromatic carbocycles. The third-order valence-electron chi connectivity index (χ3n) is 2.40. The maximum Gasteiger partial charge on any atom is 0.302 e. The van der Waals surface area contributed by atoms with Gasteiger partial charge in [-0.3, -0.25) is 9.59 Å². The molecule has 0 heterocycles. The van der Waals surface area contributed by atoms with E-state index in [1.807, 2.05) is 6.92 Å². The molecule has 0 aliphatic heterocycles. The summed E-state index contributed by atoms with van der Waals surface area (Å²) in [5.41, 5.74) is -0.397. The van der Waals surface area contributed by atoms with Crippen molar-refractivity contribution in [2.24, 2.45) is 5.41 Å². The van der Waals surface area contributed by atoms with Crippen LogP contribution in [0.25, 0.3) is 0 Å². The van der Waals surface area contributed by atoms with Gasteiger partial charge in [0.05, 0.1) is 5.41 Å². The Kier molecular flexibility index (Phi) is 2.50. The molecule has 3 nitrogen and oxygen atoms in total. The number of esters is 1. The SMILES string of the molecule is CC(=O)OCC1(C)CCCC1=O. The van der Waals surface area contributed by atoms with Crippen LogP contribution in [0.15, 0.2) is 0 Å². The summed E-state index contributed by atoms with van der Waals surface area (Å²) in [7, 11) is 0. The van der Waals surface area contributed by atoms with E-state index in [0.29, 0.717) is 6.42 Å². The van der Waals surface area contributed by atoms with Gasteiger partial charge in [-0.05, 0) is 19.8 Å². The van der Waals surface area contributed by atoms with Gasteiger partial charge < -0.3 is 4.74 Å². The van der Waals surface area contributed by atoms with E-state index in [2.05, 4.69) is 0 Å². The molecule has 0 saturated heterocycles. The van der Waals surface area contributed by atoms with E-state index in [1.54, 1.807) is 0 Å². The normalized spacial score (nSPS) is 29.0. The second-order valence-electron chi connectivity index (χ2n) is 3.62. The number of hydrogen-bond donors (Lipinski definition) is 0. The Morgan fingerprint density at radius 1 is 1.67 bits per heavy atom. The van der Waals surface area contributed by atoms with Crippen molar-refractivity contribution in [2.75, 3.05) is 6.61 Å². The van der Waals surface area contributed by atoms with E-state index in [9.17, 15) is 9.59 Å². The molecule has 1 aliphatic rings. The Hall–Kier alpha value is -0.860. The van der Waals surface area contributed by atoms with Crippen molar-refractivity contribution in [2.45, 2.75) is 33.1 Å². The smallest absolute Gasteiger partial charge is 0.302 e. The number of ether oxygens (including phenoxy) is 1. The fourth-order valence-electron chi connectivity index (χ4n) is 1.49. The number of carbonyl (C=O) groups is 2. The van der Waals surface area contributed by atoms with Gasteiger partial charge in [0.15, 0.2) is 0 Å². The molecule has 1 aliphatic carbocycles. The van der Waals surface area contributed by atoms with E-state index in [1.165, 1.54) is 6.92 Å². The van der Waals surface area contributed by atoms with Crippen molar-refractivity contribution in [1.82, 2.24) is 0 Å². The van der Waals surface area contributed by atoms with Crippen LogP contribution in [0.1, 0.15) is 33.1 Å². The summed E-state index contributed by atoms with van der Waals surface area (Å²) in [5, 5.41) is 0. The summed E-state index contributed by atoms with van der Waals surface area (Å²) >= 11 is 0. The first-order chi connectivity index (χ1) is 5.54. The van der Waals surface area contributed by atoms with Crippen LogP contribution < -0.4 is 0 Å². The summed E-state index contributed by atoms with van der Waals surface area (Å²) in [6.45, 7) is 3.48. The summed E-state index contributed by atoms with van der Waals surface area (Å²) in [5.74, 6) is -0.0836. The number of ketones is 1. The highest BCUT2D eigenvalue weighted by Gasteiger charge is 2.38. The van der Waals surface area contributed by atoms with Gasteiger partial charge in [0.2, 0.25) is 0 Å². The molecule has 3 heteroatoms. The largest absolute Gasteiger partial charge is 0.465 e. The first-order valence-electron chi connectivity index (χ1n) is 4.21. The van der Waals surface area contributed by atoms with Gasteiger partial charge >= 0.3 is 5.97 Å². The lowest BCUT2D eigenvalue weighted by Gasteiger charge is -2.20. The number of rotatable bonds is 2. The monoisotopic (exact) mass is 170 g/mol. The lowest BCUT2D eigenvalue weighted by atomic mass is 9.89. The highest BCUT2D eigenvalue weighted by atomic mass is 16.5. The lowest BCUT2D eigenvalue weighted by molar-refractivity contribution is -0.146. The number of Topliss-reactive ketones (excluding diaryl/α,β-unsaturated/α-hetero) is 1. The van der Waals surface area contributed by atoms with Gasteiger partial charge in [-0.2, -0.15) is 0 Å². The Morgan fingerprint density at radius 2 is 2.33 bits per heavy atom. The Bertz CT molecular complexity index is 210. The Balaban J connectivity index is 2.48. The van der Waals surface area contributed by atoms with Crippen LogP contribution in [0.5, 0.6) is 0 Å². The third kappa shape index (κ3) is 1.84. The minimum absolute atomic E-state index is 0.226. The Labute approximate surface area is 72.1 Å². The highest BCUT2D eigenvalue weighted by molar-refractivity contribution is 5.86. The molecule has 12 heavy (non-hydrogen) atoms. The van der Waals surface area contributed by atoms with Gasteiger partial charge in [0, 0.05) is 13.3 Å². The Morgan fingerprint density at radius 3 is 2.75 bits per heavy atom. The van der Waals surface area contributed by atoms with Crippen molar-refractivity contribution in [3.63, 3.8) is 0 Å². The van der Waals surface area contributed by atoms with Gasteiger partial charge in [-0.25, -0.2) is 0 Å². The zero-order valence-corrected chi connectivity index (χ0v) is 7.55. The fraction of sp³-hybridized carbons (Fsp3) is 0.778. The maximum atomic E-state index is 11.3. The van der Waals surface area contributed by atoms with Crippen molar-refractivity contribution < 1.29 is 14.3 Å². The van der Waals surface area contributed by atoms with Crippen LogP contribution in [-0.2, 0) is 14.3 Å². The molecule has 0 spiro atoms. The van der Waals surface area contributed by atoms with Crippen LogP contribution in [0.3, 0.4) is 0 Å². The summed E-state index contributed by atoms with van der Waals surface area (Å²) < 4.78 is 4.84. The molecule has 0 bridgehead atoms. The second kappa shape index (κ2) is 3.25. The van der Waals surface area contributed by atoms with Crippen molar-refractivity contribution in [1.29, 1.82) is 0 Å². The summed E-state index contributed by atoms with van der Waals surface area (Å²) in [6.07, 6.45) is 2.41. The third-order valence-corrected chi connectivity index (χ3v) is 2.40. The van der Waals surface area contributed by atoms with Gasteiger partial charge in [0.25, 0.3) is 0 Å². The molecule has 0 radical (unpaired) electrons. The molecular weight excluding hydrogens is 156 g/mol. The predicted molar refractivity (Wildman–Crippen MR) is 43.6 cm³/mol. The average Bonchev–Trinajstić information content (AvgIpc) is 2.30. The van der Waals surface area contributed by atoms with Crippen LogP contribution in [0, 0.1) is 5.41 Å². The van der Waals surface area contributed by atoms with E-state index < -0.39 is 5.41 Å². The molecule has 0 amide bonds. The standard InChI is InChI=1S/C9H14O3/c1-7(10)12-6-9(2)5-3-4-8(9)11/h3-6H2,1-2H3. The molecule has 0 aromatic heterocycles. The molecule has 68 valence electrons. The van der Waals surface area contributed by atoms with Crippen LogP contribution in [0.2, 0.25) is 0 Å². The van der Waals surface area contributed by atoms with Crippen LogP contribution in [0.4, 0.5) is 0 Å². The molecular formula is C9H14O3. The lowest BCUT2D eigenvalue weighted by Crippen LogP contribution is -2.28. The topological polar surface area (TPSA) is 43.4 Å². The minimum atomic E-state index is -0.397. The molecule has 0 N–H and O–H groups in total. The number of carbonyl (C=O) groups excluding carboxylic acids is 2. The predicted octanol–water partition coefficient (Wildman–Crippen LogP) is 1.31. The highest BCUT2D eigenvalue weighted by Crippen LogP contribution is 2.34. The zero-order chi connectivity index (χ0) is 9.19. The van der Waals surface area contributed by atoms with E-state index in [-0.39, 0.29) is 18.4 Å². The molecule has 1 saturated carbocycles. The molecule has 1 fully saturated rings. The van der Waals surface area contributed by atoms with Crippen molar-refractivity contribution in [3.8, 4) is 0 Å². The molecule has 1 unspecified atom stereocenters. The quantitative estimate of drug-likeness (QED) is 0.587. The van der Waals surface area contributed by atoms with Gasteiger partial charge in [-0.15, -0.1) is 0 Å². The molecule has 1 atom stereocenters. The van der Waals surface area contributed by atoms with E-state index in [0.717, 1.165) is 12.8 Å². The minimum Gasteiger partial charge on any atom is -0.465 e. The first-order valence-corrected chi connectivity index (χ1v) is 4.21. The van der Waals surface area contributed by atoms with Gasteiger partial charge in [0.1, 0.15) is 12.4 Å². The van der Waals surface area contributed by atoms with Crippen molar-refractivity contribution >= 4 is 11.8 Å². The van der Waals surface area contributed by atoms with E-state index >= 15 is 0 Å². The molecule has 0 aromatic rings. The maximum absolute atomic E-state index is 11.3. The number of hydrogen-bond acceptors (Lipinski definition) is 3. The average molecular weight is 170 g/mol. The zero-order valence-electron chi connectivity index (χ0n) is 7.55. The second-order valence-corrected chi connectivity index (χ2v) is 3.62. The van der Waals surface area contributed by atoms with Crippen LogP contribution in [-0.4, -0.2) is 18.4 Å². The summed E-state index contributed by atoms with van der Waals surface area (Å²) in [4.78, 5) is 21.8. The van der Waals surface area contributed by atoms with Gasteiger partial charge in [-0.1, -0.05) is 0 Å². The first kappa shape index (κ1) is 9.23. The fourth-order valence-corrected chi connectivity index (χ4v) is 1.49. The molecule has 1 rings (SSSR count). The van der Waals surface area contributed by atoms with Crippen molar-refractivity contribution in [3.05, 3.63) is 0 Å². The van der Waals surface area contributed by atoms with E-state index in [4.69, 9.17) is 4.74 Å². The van der Waals surface area contributed by atoms with Crippen LogP contribution >= 0.6 is 0 Å². The summed E-state index contributed by atoms with van der Waals surface area (Å²) in [6, 6.07) is 0.